The van der Waals surface area contributed by atoms with E-state index in [0.717, 1.165) is 37.6 Å². The molecule has 0 spiro atoms. The number of piperazine rings is 1. The third-order valence-electron chi connectivity index (χ3n) is 5.37. The molecule has 24 heavy (non-hydrogen) atoms. The second-order valence-electron chi connectivity index (χ2n) is 7.18. The molecule has 2 atom stereocenters. The minimum Gasteiger partial charge on any atom is -0.369 e. The monoisotopic (exact) mass is 349 g/mol. The number of carbonyl (C=O) groups excluding carboxylic acids is 1. The van der Waals surface area contributed by atoms with Gasteiger partial charge in [0.25, 0.3) is 0 Å². The second-order valence-corrected chi connectivity index (χ2v) is 7.62. The number of nitrogens with zero attached hydrogens (tertiary/aromatic N) is 2. The topological polar surface area (TPSA) is 35.6 Å². The predicted octanol–water partition coefficient (Wildman–Crippen LogP) is 3.16. The lowest BCUT2D eigenvalue weighted by Gasteiger charge is -2.36. The average Bonchev–Trinajstić information content (AvgIpc) is 2.58. The lowest BCUT2D eigenvalue weighted by Crippen LogP contribution is -2.51. The molecule has 2 fully saturated rings. The van der Waals surface area contributed by atoms with Gasteiger partial charge in [0.15, 0.2) is 0 Å². The van der Waals surface area contributed by atoms with E-state index in [-0.39, 0.29) is 5.91 Å². The highest BCUT2D eigenvalue weighted by atomic mass is 35.5. The van der Waals surface area contributed by atoms with Crippen LogP contribution in [0.1, 0.15) is 32.6 Å². The van der Waals surface area contributed by atoms with Gasteiger partial charge in [-0.25, -0.2) is 0 Å². The highest BCUT2D eigenvalue weighted by molar-refractivity contribution is 6.30. The van der Waals surface area contributed by atoms with Crippen molar-refractivity contribution >= 4 is 23.2 Å². The number of benzene rings is 1. The van der Waals surface area contributed by atoms with Gasteiger partial charge in [-0.05, 0) is 37.0 Å². The Morgan fingerprint density at radius 3 is 2.67 bits per heavy atom. The van der Waals surface area contributed by atoms with Gasteiger partial charge in [0.05, 0.1) is 6.54 Å². The number of anilines is 1. The van der Waals surface area contributed by atoms with E-state index in [9.17, 15) is 4.79 Å². The van der Waals surface area contributed by atoms with Gasteiger partial charge in [-0.1, -0.05) is 37.4 Å². The molecule has 3 rings (SSSR count). The maximum absolute atomic E-state index is 12.3. The van der Waals surface area contributed by atoms with Gasteiger partial charge >= 0.3 is 0 Å². The molecule has 1 aliphatic carbocycles. The van der Waals surface area contributed by atoms with Gasteiger partial charge in [0.1, 0.15) is 0 Å². The molecule has 0 radical (unpaired) electrons. The summed E-state index contributed by atoms with van der Waals surface area (Å²) in [6, 6.07) is 8.37. The van der Waals surface area contributed by atoms with Crippen molar-refractivity contribution < 1.29 is 4.79 Å². The predicted molar refractivity (Wildman–Crippen MR) is 99.7 cm³/mol. The molecule has 1 aromatic carbocycles. The number of hydrogen-bond donors (Lipinski definition) is 1. The first-order chi connectivity index (χ1) is 11.6. The van der Waals surface area contributed by atoms with Gasteiger partial charge in [-0.2, -0.15) is 0 Å². The third-order valence-corrected chi connectivity index (χ3v) is 5.61. The Bertz CT molecular complexity index is 557. The standard InChI is InChI=1S/C19H28ClN3O/c1-15-5-2-3-8-18(15)21-19(24)14-22-9-11-23(12-10-22)17-7-4-6-16(20)13-17/h4,6-7,13,15,18H,2-3,5,8-12,14H2,1H3,(H,21,24)/t15-,18-/m1/s1. The van der Waals surface area contributed by atoms with Crippen LogP contribution in [0, 0.1) is 5.92 Å². The van der Waals surface area contributed by atoms with E-state index in [1.165, 1.54) is 24.9 Å². The van der Waals surface area contributed by atoms with E-state index in [1.54, 1.807) is 0 Å². The first-order valence-corrected chi connectivity index (χ1v) is 9.52. The van der Waals surface area contributed by atoms with E-state index in [4.69, 9.17) is 11.6 Å². The summed E-state index contributed by atoms with van der Waals surface area (Å²) in [5.74, 6) is 0.798. The Morgan fingerprint density at radius 1 is 1.21 bits per heavy atom. The number of carbonyl (C=O) groups is 1. The van der Waals surface area contributed by atoms with Crippen molar-refractivity contribution in [3.63, 3.8) is 0 Å². The van der Waals surface area contributed by atoms with E-state index in [2.05, 4.69) is 28.1 Å². The second kappa shape index (κ2) is 8.21. The summed E-state index contributed by atoms with van der Waals surface area (Å²) in [5.41, 5.74) is 1.17. The molecule has 2 aliphatic rings. The Morgan fingerprint density at radius 2 is 1.96 bits per heavy atom. The minimum atomic E-state index is 0.185. The van der Waals surface area contributed by atoms with E-state index in [1.807, 2.05) is 18.2 Å². The largest absolute Gasteiger partial charge is 0.369 e. The fourth-order valence-electron chi connectivity index (χ4n) is 3.82. The van der Waals surface area contributed by atoms with Crippen LogP contribution in [0.25, 0.3) is 0 Å². The number of hydrogen-bond acceptors (Lipinski definition) is 3. The molecule has 0 bridgehead atoms. The summed E-state index contributed by atoms with van der Waals surface area (Å²) in [6.45, 7) is 6.49. The molecule has 1 amide bonds. The summed E-state index contributed by atoms with van der Waals surface area (Å²) in [5, 5.41) is 4.03. The molecule has 1 aliphatic heterocycles. The zero-order valence-corrected chi connectivity index (χ0v) is 15.3. The van der Waals surface area contributed by atoms with Crippen LogP contribution in [0.15, 0.2) is 24.3 Å². The van der Waals surface area contributed by atoms with Crippen LogP contribution in [0.5, 0.6) is 0 Å². The summed E-state index contributed by atoms with van der Waals surface area (Å²) >= 11 is 6.08. The molecule has 132 valence electrons. The molecule has 0 aromatic heterocycles. The fourth-order valence-corrected chi connectivity index (χ4v) is 4.01. The van der Waals surface area contributed by atoms with Gasteiger partial charge in [0, 0.05) is 42.9 Å². The van der Waals surface area contributed by atoms with Crippen LogP contribution >= 0.6 is 11.6 Å². The zero-order chi connectivity index (χ0) is 16.9. The number of rotatable bonds is 4. The lowest BCUT2D eigenvalue weighted by atomic mass is 9.86. The highest BCUT2D eigenvalue weighted by Crippen LogP contribution is 2.24. The summed E-state index contributed by atoms with van der Waals surface area (Å²) in [4.78, 5) is 16.9. The van der Waals surface area contributed by atoms with Crippen molar-refractivity contribution in [1.29, 1.82) is 0 Å². The van der Waals surface area contributed by atoms with E-state index >= 15 is 0 Å². The SMILES string of the molecule is C[C@@H]1CCCC[C@H]1NC(=O)CN1CCN(c2cccc(Cl)c2)CC1. The van der Waals surface area contributed by atoms with Crippen molar-refractivity contribution in [2.45, 2.75) is 38.6 Å². The zero-order valence-electron chi connectivity index (χ0n) is 14.5. The molecule has 1 aromatic rings. The van der Waals surface area contributed by atoms with Crippen LogP contribution in [0.4, 0.5) is 5.69 Å². The number of halogens is 1. The van der Waals surface area contributed by atoms with Crippen LogP contribution < -0.4 is 10.2 Å². The van der Waals surface area contributed by atoms with Crippen LogP contribution in [0.3, 0.4) is 0 Å². The molecular formula is C19H28ClN3O. The highest BCUT2D eigenvalue weighted by Gasteiger charge is 2.24. The molecule has 4 nitrogen and oxygen atoms in total. The van der Waals surface area contributed by atoms with Crippen molar-refractivity contribution in [3.05, 3.63) is 29.3 Å². The molecule has 5 heteroatoms. The maximum atomic E-state index is 12.3. The normalized spacial score (nSPS) is 25.5. The number of amides is 1. The molecule has 0 unspecified atom stereocenters. The summed E-state index contributed by atoms with van der Waals surface area (Å²) in [6.07, 6.45) is 4.92. The molecule has 1 saturated heterocycles. The Kier molecular flexibility index (Phi) is 6.01. The summed E-state index contributed by atoms with van der Waals surface area (Å²) < 4.78 is 0. The molecular weight excluding hydrogens is 322 g/mol. The van der Waals surface area contributed by atoms with Crippen LogP contribution in [-0.4, -0.2) is 49.6 Å². The lowest BCUT2D eigenvalue weighted by molar-refractivity contribution is -0.123. The van der Waals surface area contributed by atoms with Gasteiger partial charge < -0.3 is 10.2 Å². The Balaban J connectivity index is 1.44. The fraction of sp³-hybridized carbons (Fsp3) is 0.632. The average molecular weight is 350 g/mol. The first-order valence-electron chi connectivity index (χ1n) is 9.14. The van der Waals surface area contributed by atoms with Crippen molar-refractivity contribution in [3.8, 4) is 0 Å². The Labute approximate surface area is 150 Å². The van der Waals surface area contributed by atoms with E-state index in [0.29, 0.717) is 18.5 Å². The minimum absolute atomic E-state index is 0.185. The smallest absolute Gasteiger partial charge is 0.234 e. The van der Waals surface area contributed by atoms with Crippen molar-refractivity contribution in [2.24, 2.45) is 5.92 Å². The number of nitrogens with one attached hydrogen (secondary N) is 1. The molecule has 1 saturated carbocycles. The summed E-state index contributed by atoms with van der Waals surface area (Å²) in [7, 11) is 0. The van der Waals surface area contributed by atoms with Crippen molar-refractivity contribution in [1.82, 2.24) is 10.2 Å². The molecule has 1 heterocycles. The van der Waals surface area contributed by atoms with Crippen LogP contribution in [0.2, 0.25) is 5.02 Å². The molecule has 1 N–H and O–H groups in total. The maximum Gasteiger partial charge on any atom is 0.234 e. The quantitative estimate of drug-likeness (QED) is 0.907. The van der Waals surface area contributed by atoms with Crippen LogP contribution in [-0.2, 0) is 4.79 Å². The Hall–Kier alpha value is -1.26. The van der Waals surface area contributed by atoms with Gasteiger partial charge in [-0.15, -0.1) is 0 Å². The van der Waals surface area contributed by atoms with Gasteiger partial charge in [-0.3, -0.25) is 9.69 Å². The van der Waals surface area contributed by atoms with Gasteiger partial charge in [0.2, 0.25) is 5.91 Å². The van der Waals surface area contributed by atoms with E-state index < -0.39 is 0 Å². The van der Waals surface area contributed by atoms with Crippen molar-refractivity contribution in [2.75, 3.05) is 37.6 Å². The first kappa shape index (κ1) is 17.6. The third kappa shape index (κ3) is 4.64.